The number of aromatic nitrogens is 5. The molecule has 4 N–H and O–H groups in total. The molecule has 2 fully saturated rings. The minimum atomic E-state index is -4.43. The van der Waals surface area contributed by atoms with Crippen LogP contribution in [0.5, 0.6) is 0 Å². The molecule has 14 heteroatoms. The smallest absolute Gasteiger partial charge is 0.390 e. The number of alkyl halides is 3. The molecule has 1 amide bonds. The number of hydrogen-bond donors (Lipinski definition) is 4. The van der Waals surface area contributed by atoms with Gasteiger partial charge in [-0.25, -0.2) is 19.9 Å². The predicted molar refractivity (Wildman–Crippen MR) is 136 cm³/mol. The summed E-state index contributed by atoms with van der Waals surface area (Å²) in [6.07, 6.45) is -1.43. The SMILES string of the molecule is CCC(C)NC(=O)[C@H]1CC(n2cnc3c(N[C@H]4CCN(c5ccc(C(F)(F)F)cn5)C4)ncnc32)C(O)C1O. The lowest BCUT2D eigenvalue weighted by Crippen LogP contribution is -2.41. The Kier molecular flexibility index (Phi) is 7.33. The summed E-state index contributed by atoms with van der Waals surface area (Å²) < 4.78 is 40.2. The van der Waals surface area contributed by atoms with E-state index in [1.54, 1.807) is 4.57 Å². The first-order valence-corrected chi connectivity index (χ1v) is 13.0. The molecule has 0 bridgehead atoms. The average molecular weight is 549 g/mol. The lowest BCUT2D eigenvalue weighted by atomic mass is 10.0. The third kappa shape index (κ3) is 5.35. The Labute approximate surface area is 222 Å². The normalized spacial score (nSPS) is 26.2. The zero-order chi connectivity index (χ0) is 27.9. The number of fused-ring (bicyclic) bond motifs is 1. The van der Waals surface area contributed by atoms with Gasteiger partial charge in [0.1, 0.15) is 23.8 Å². The van der Waals surface area contributed by atoms with E-state index in [4.69, 9.17) is 0 Å². The number of carbonyl (C=O) groups excluding carboxylic acids is 1. The van der Waals surface area contributed by atoms with E-state index in [0.29, 0.717) is 42.3 Å². The Hall–Kier alpha value is -3.52. The fourth-order valence-corrected chi connectivity index (χ4v) is 5.22. The van der Waals surface area contributed by atoms with Gasteiger partial charge >= 0.3 is 6.18 Å². The molecule has 1 saturated carbocycles. The Bertz CT molecular complexity index is 1320. The van der Waals surface area contributed by atoms with Gasteiger partial charge in [-0.1, -0.05) is 6.92 Å². The molecule has 1 aliphatic heterocycles. The second-order valence-electron chi connectivity index (χ2n) is 10.2. The zero-order valence-corrected chi connectivity index (χ0v) is 21.5. The van der Waals surface area contributed by atoms with Gasteiger partial charge in [0.05, 0.1) is 30.0 Å². The van der Waals surface area contributed by atoms with E-state index >= 15 is 0 Å². The summed E-state index contributed by atoms with van der Waals surface area (Å²) in [5.41, 5.74) is 0.130. The van der Waals surface area contributed by atoms with Crippen LogP contribution in [-0.4, -0.2) is 78.0 Å². The lowest BCUT2D eigenvalue weighted by Gasteiger charge is -2.19. The van der Waals surface area contributed by atoms with Crippen LogP contribution in [-0.2, 0) is 11.0 Å². The van der Waals surface area contributed by atoms with Gasteiger partial charge in [-0.3, -0.25) is 4.79 Å². The molecule has 39 heavy (non-hydrogen) atoms. The number of carbonyl (C=O) groups is 1. The van der Waals surface area contributed by atoms with Crippen molar-refractivity contribution >= 4 is 28.7 Å². The Morgan fingerprint density at radius 1 is 1.18 bits per heavy atom. The molecule has 4 heterocycles. The van der Waals surface area contributed by atoms with Crippen molar-refractivity contribution in [2.45, 2.75) is 69.6 Å². The minimum absolute atomic E-state index is 0.0436. The number of anilines is 2. The molecule has 4 unspecified atom stereocenters. The number of aliphatic hydroxyl groups excluding tert-OH is 2. The molecule has 3 aromatic rings. The topological polar surface area (TPSA) is 141 Å². The summed E-state index contributed by atoms with van der Waals surface area (Å²) in [7, 11) is 0. The van der Waals surface area contributed by atoms with Gasteiger partial charge in [0.25, 0.3) is 0 Å². The maximum absolute atomic E-state index is 12.9. The maximum Gasteiger partial charge on any atom is 0.417 e. The van der Waals surface area contributed by atoms with Gasteiger partial charge in [-0.15, -0.1) is 0 Å². The van der Waals surface area contributed by atoms with Crippen LogP contribution in [0.1, 0.15) is 44.7 Å². The summed E-state index contributed by atoms with van der Waals surface area (Å²) in [5, 5.41) is 27.6. The summed E-state index contributed by atoms with van der Waals surface area (Å²) in [6.45, 7) is 4.94. The minimum Gasteiger partial charge on any atom is -0.390 e. The van der Waals surface area contributed by atoms with Crippen LogP contribution < -0.4 is 15.5 Å². The highest BCUT2D eigenvalue weighted by Crippen LogP contribution is 2.38. The Balaban J connectivity index is 1.29. The third-order valence-corrected chi connectivity index (χ3v) is 7.63. The molecule has 0 aromatic carbocycles. The monoisotopic (exact) mass is 548 g/mol. The van der Waals surface area contributed by atoms with Crippen LogP contribution in [0.25, 0.3) is 11.2 Å². The van der Waals surface area contributed by atoms with Crippen LogP contribution in [0.15, 0.2) is 31.0 Å². The maximum atomic E-state index is 12.9. The van der Waals surface area contributed by atoms with Crippen molar-refractivity contribution in [2.75, 3.05) is 23.3 Å². The van der Waals surface area contributed by atoms with Crippen molar-refractivity contribution in [3.8, 4) is 0 Å². The second kappa shape index (κ2) is 10.6. The van der Waals surface area contributed by atoms with Crippen LogP contribution in [0.2, 0.25) is 0 Å². The Morgan fingerprint density at radius 3 is 2.67 bits per heavy atom. The summed E-state index contributed by atoms with van der Waals surface area (Å²) in [6, 6.07) is 1.68. The largest absolute Gasteiger partial charge is 0.417 e. The molecule has 3 aromatic heterocycles. The molecule has 1 aliphatic carbocycles. The fraction of sp³-hybridized carbons (Fsp3) is 0.560. The number of pyridine rings is 1. The number of hydrogen-bond acceptors (Lipinski definition) is 9. The molecule has 210 valence electrons. The first-order chi connectivity index (χ1) is 18.6. The lowest BCUT2D eigenvalue weighted by molar-refractivity contribution is -0.137. The molecule has 6 atom stereocenters. The van der Waals surface area contributed by atoms with Crippen molar-refractivity contribution in [3.05, 3.63) is 36.5 Å². The molecule has 11 nitrogen and oxygen atoms in total. The van der Waals surface area contributed by atoms with E-state index in [9.17, 15) is 28.2 Å². The second-order valence-corrected chi connectivity index (χ2v) is 10.2. The van der Waals surface area contributed by atoms with Gasteiger partial charge in [0.15, 0.2) is 11.5 Å². The molecule has 5 rings (SSSR count). The van der Waals surface area contributed by atoms with E-state index < -0.39 is 35.9 Å². The van der Waals surface area contributed by atoms with Crippen molar-refractivity contribution in [1.29, 1.82) is 0 Å². The number of rotatable bonds is 7. The van der Waals surface area contributed by atoms with E-state index in [2.05, 4.69) is 30.6 Å². The van der Waals surface area contributed by atoms with Crippen molar-refractivity contribution in [2.24, 2.45) is 5.92 Å². The van der Waals surface area contributed by atoms with Crippen LogP contribution in [0.3, 0.4) is 0 Å². The summed E-state index contributed by atoms with van der Waals surface area (Å²) in [5.74, 6) is -0.123. The summed E-state index contributed by atoms with van der Waals surface area (Å²) in [4.78, 5) is 31.7. The zero-order valence-electron chi connectivity index (χ0n) is 21.5. The fourth-order valence-electron chi connectivity index (χ4n) is 5.22. The number of aliphatic hydroxyl groups is 2. The highest BCUT2D eigenvalue weighted by Gasteiger charge is 2.46. The van der Waals surface area contributed by atoms with E-state index in [-0.39, 0.29) is 24.4 Å². The number of nitrogens with one attached hydrogen (secondary N) is 2. The van der Waals surface area contributed by atoms with Gasteiger partial charge in [-0.05, 0) is 38.3 Å². The highest BCUT2D eigenvalue weighted by molar-refractivity contribution is 5.83. The Morgan fingerprint density at radius 2 is 1.97 bits per heavy atom. The molecule has 2 aliphatic rings. The van der Waals surface area contributed by atoms with Gasteiger partial charge in [0.2, 0.25) is 5.91 Å². The molecular formula is C25H31F3N8O3. The predicted octanol–water partition coefficient (Wildman–Crippen LogP) is 2.13. The van der Waals surface area contributed by atoms with Gasteiger partial charge in [0, 0.05) is 31.4 Å². The van der Waals surface area contributed by atoms with Crippen molar-refractivity contribution < 1.29 is 28.2 Å². The van der Waals surface area contributed by atoms with E-state index in [1.165, 1.54) is 18.7 Å². The number of halogens is 3. The summed E-state index contributed by atoms with van der Waals surface area (Å²) >= 11 is 0. The van der Waals surface area contributed by atoms with Gasteiger partial charge < -0.3 is 30.3 Å². The van der Waals surface area contributed by atoms with Crippen LogP contribution >= 0.6 is 0 Å². The number of imidazole rings is 1. The third-order valence-electron chi connectivity index (χ3n) is 7.63. The molecule has 0 spiro atoms. The van der Waals surface area contributed by atoms with E-state index in [0.717, 1.165) is 18.7 Å². The van der Waals surface area contributed by atoms with Crippen molar-refractivity contribution in [3.63, 3.8) is 0 Å². The molecule has 1 saturated heterocycles. The first kappa shape index (κ1) is 27.1. The highest BCUT2D eigenvalue weighted by atomic mass is 19.4. The van der Waals surface area contributed by atoms with Gasteiger partial charge in [-0.2, -0.15) is 13.2 Å². The van der Waals surface area contributed by atoms with Crippen LogP contribution in [0, 0.1) is 5.92 Å². The number of amides is 1. The van der Waals surface area contributed by atoms with E-state index in [1.807, 2.05) is 18.7 Å². The molecular weight excluding hydrogens is 517 g/mol. The first-order valence-electron chi connectivity index (χ1n) is 13.0. The standard InChI is InChI=1S/C25H31F3N8O3/c1-3-13(2)33-24(39)16-8-17(21(38)20(16)37)36-12-32-19-22(30-11-31-23(19)36)34-15-6-7-35(10-15)18-5-4-14(9-29-18)25(26,27)28/h4-5,9,11-13,15-17,20-21,37-38H,3,6-8,10H2,1-2H3,(H,33,39)(H,30,31,34)/t13?,15-,16-,17?,20?,21?/m0/s1. The number of nitrogens with zero attached hydrogens (tertiary/aromatic N) is 6. The van der Waals surface area contributed by atoms with Crippen molar-refractivity contribution in [1.82, 2.24) is 29.8 Å². The average Bonchev–Trinajstić information content (AvgIpc) is 3.62. The molecule has 0 radical (unpaired) electrons. The van der Waals surface area contributed by atoms with Crippen LogP contribution in [0.4, 0.5) is 24.8 Å². The quantitative estimate of drug-likeness (QED) is 0.349.